The molecule has 84 valence electrons. The van der Waals surface area contributed by atoms with Gasteiger partial charge < -0.3 is 10.6 Å². The van der Waals surface area contributed by atoms with Crippen molar-refractivity contribution in [3.8, 4) is 0 Å². The average Bonchev–Trinajstić information content (AvgIpc) is 2.65. The summed E-state index contributed by atoms with van der Waals surface area (Å²) in [5.41, 5.74) is 5.70. The highest BCUT2D eigenvalue weighted by molar-refractivity contribution is 6.29. The molecular weight excluding hydrogens is 233 g/mol. The molecule has 1 saturated heterocycles. The van der Waals surface area contributed by atoms with E-state index in [0.29, 0.717) is 17.7 Å². The second kappa shape index (κ2) is 5.54. The molecule has 2 N–H and O–H groups in total. The first-order chi connectivity index (χ1) is 6.81. The number of nitrogens with zero attached hydrogens (tertiary/aromatic N) is 2. The fourth-order valence-electron chi connectivity index (χ4n) is 1.94. The quantitative estimate of drug-likeness (QED) is 0.815. The molecule has 0 aliphatic carbocycles. The molecule has 0 spiro atoms. The van der Waals surface area contributed by atoms with Crippen molar-refractivity contribution in [3.05, 3.63) is 23.4 Å². The molecule has 0 aromatic carbocycles. The molecule has 3 nitrogen and oxygen atoms in total. The lowest BCUT2D eigenvalue weighted by Crippen LogP contribution is -2.35. The van der Waals surface area contributed by atoms with Crippen molar-refractivity contribution in [2.45, 2.75) is 18.9 Å². The normalized spacial score (nSPS) is 20.1. The van der Waals surface area contributed by atoms with E-state index < -0.39 is 0 Å². The van der Waals surface area contributed by atoms with Crippen LogP contribution in [0.2, 0.25) is 5.15 Å². The van der Waals surface area contributed by atoms with E-state index in [1.54, 1.807) is 6.07 Å². The minimum Gasteiger partial charge on any atom is -0.352 e. The van der Waals surface area contributed by atoms with E-state index in [1.807, 2.05) is 12.1 Å². The van der Waals surface area contributed by atoms with Crippen LogP contribution in [0.15, 0.2) is 18.2 Å². The number of nitrogens with two attached hydrogens (primary N) is 1. The van der Waals surface area contributed by atoms with E-state index in [9.17, 15) is 0 Å². The third-order valence-electron chi connectivity index (χ3n) is 2.64. The zero-order valence-electron chi connectivity index (χ0n) is 8.40. The molecule has 1 fully saturated rings. The largest absolute Gasteiger partial charge is 0.352 e. The van der Waals surface area contributed by atoms with Crippen molar-refractivity contribution >= 4 is 29.8 Å². The van der Waals surface area contributed by atoms with Crippen molar-refractivity contribution < 1.29 is 0 Å². The molecular formula is C10H15Cl2N3. The third kappa shape index (κ3) is 2.74. The standard InChI is InChI=1S/C10H14ClN3.ClH/c11-9-4-1-5-10(13-9)14-6-2-3-8(14)7-12;/h1,4-5,8H,2-3,6-7,12H2;1H. The maximum absolute atomic E-state index is 5.85. The molecule has 1 atom stereocenters. The summed E-state index contributed by atoms with van der Waals surface area (Å²) >= 11 is 5.85. The minimum absolute atomic E-state index is 0. The summed E-state index contributed by atoms with van der Waals surface area (Å²) in [4.78, 5) is 6.53. The van der Waals surface area contributed by atoms with Crippen molar-refractivity contribution in [1.82, 2.24) is 4.98 Å². The first-order valence-corrected chi connectivity index (χ1v) is 5.28. The Kier molecular flexibility index (Phi) is 4.64. The maximum atomic E-state index is 5.85. The molecule has 1 aliphatic rings. The Labute approximate surface area is 101 Å². The molecule has 1 aromatic rings. The molecule has 15 heavy (non-hydrogen) atoms. The highest BCUT2D eigenvalue weighted by atomic mass is 35.5. The highest BCUT2D eigenvalue weighted by Gasteiger charge is 2.24. The van der Waals surface area contributed by atoms with Crippen LogP contribution in [0.4, 0.5) is 5.82 Å². The van der Waals surface area contributed by atoms with Gasteiger partial charge in [-0.25, -0.2) is 4.98 Å². The number of rotatable bonds is 2. The van der Waals surface area contributed by atoms with Crippen LogP contribution >= 0.6 is 24.0 Å². The fraction of sp³-hybridized carbons (Fsp3) is 0.500. The van der Waals surface area contributed by atoms with E-state index in [2.05, 4.69) is 9.88 Å². The molecule has 2 rings (SSSR count). The van der Waals surface area contributed by atoms with Crippen LogP contribution in [0.1, 0.15) is 12.8 Å². The van der Waals surface area contributed by atoms with E-state index in [0.717, 1.165) is 18.8 Å². The number of anilines is 1. The minimum atomic E-state index is 0. The van der Waals surface area contributed by atoms with Gasteiger partial charge in [0.05, 0.1) is 0 Å². The van der Waals surface area contributed by atoms with E-state index in [4.69, 9.17) is 17.3 Å². The lowest BCUT2D eigenvalue weighted by molar-refractivity contribution is 0.671. The van der Waals surface area contributed by atoms with Gasteiger partial charge in [-0.1, -0.05) is 17.7 Å². The summed E-state index contributed by atoms with van der Waals surface area (Å²) in [7, 11) is 0. The Morgan fingerprint density at radius 2 is 2.33 bits per heavy atom. The van der Waals surface area contributed by atoms with Gasteiger partial charge in [-0.3, -0.25) is 0 Å². The monoisotopic (exact) mass is 247 g/mol. The van der Waals surface area contributed by atoms with Gasteiger partial charge in [0, 0.05) is 19.1 Å². The van der Waals surface area contributed by atoms with E-state index in [1.165, 1.54) is 6.42 Å². The van der Waals surface area contributed by atoms with Gasteiger partial charge in [0.15, 0.2) is 0 Å². The predicted molar refractivity (Wildman–Crippen MR) is 65.9 cm³/mol. The van der Waals surface area contributed by atoms with Gasteiger partial charge in [-0.05, 0) is 25.0 Å². The third-order valence-corrected chi connectivity index (χ3v) is 2.85. The molecule has 0 amide bonds. The predicted octanol–water partition coefficient (Wildman–Crippen LogP) is 2.08. The maximum Gasteiger partial charge on any atom is 0.131 e. The molecule has 5 heteroatoms. The van der Waals surface area contributed by atoms with Crippen LogP contribution in [-0.2, 0) is 0 Å². The molecule has 1 unspecified atom stereocenters. The SMILES string of the molecule is Cl.NCC1CCCN1c1cccc(Cl)n1. The van der Waals surface area contributed by atoms with Crippen molar-refractivity contribution in [2.24, 2.45) is 5.73 Å². The summed E-state index contributed by atoms with van der Waals surface area (Å²) in [5, 5.41) is 0.546. The highest BCUT2D eigenvalue weighted by Crippen LogP contribution is 2.23. The number of hydrogen-bond donors (Lipinski definition) is 1. The van der Waals surface area contributed by atoms with Crippen molar-refractivity contribution in [1.29, 1.82) is 0 Å². The zero-order chi connectivity index (χ0) is 9.97. The Morgan fingerprint density at radius 1 is 1.53 bits per heavy atom. The number of aromatic nitrogens is 1. The summed E-state index contributed by atoms with van der Waals surface area (Å²) in [5.74, 6) is 0.949. The fourth-order valence-corrected chi connectivity index (χ4v) is 2.10. The lowest BCUT2D eigenvalue weighted by atomic mass is 10.2. The Balaban J connectivity index is 0.00000112. The summed E-state index contributed by atoms with van der Waals surface area (Å²) in [6.07, 6.45) is 2.35. The number of hydrogen-bond acceptors (Lipinski definition) is 3. The Bertz CT molecular complexity index is 319. The molecule has 0 saturated carbocycles. The molecule has 0 bridgehead atoms. The van der Waals surface area contributed by atoms with Crippen LogP contribution in [0.25, 0.3) is 0 Å². The molecule has 1 aliphatic heterocycles. The van der Waals surface area contributed by atoms with Crippen molar-refractivity contribution in [2.75, 3.05) is 18.0 Å². The van der Waals surface area contributed by atoms with Crippen LogP contribution in [0.3, 0.4) is 0 Å². The first kappa shape index (κ1) is 12.6. The Hall–Kier alpha value is -0.510. The van der Waals surface area contributed by atoms with Crippen LogP contribution in [0, 0.1) is 0 Å². The van der Waals surface area contributed by atoms with Crippen LogP contribution < -0.4 is 10.6 Å². The summed E-state index contributed by atoms with van der Waals surface area (Å²) < 4.78 is 0. The zero-order valence-corrected chi connectivity index (χ0v) is 9.97. The molecule has 1 aromatic heterocycles. The number of halogens is 2. The topological polar surface area (TPSA) is 42.1 Å². The summed E-state index contributed by atoms with van der Waals surface area (Å²) in [6, 6.07) is 6.13. The molecule has 2 heterocycles. The van der Waals surface area contributed by atoms with Gasteiger partial charge in [0.2, 0.25) is 0 Å². The first-order valence-electron chi connectivity index (χ1n) is 4.90. The average molecular weight is 248 g/mol. The van der Waals surface area contributed by atoms with E-state index in [-0.39, 0.29) is 12.4 Å². The Morgan fingerprint density at radius 3 is 3.00 bits per heavy atom. The smallest absolute Gasteiger partial charge is 0.131 e. The second-order valence-corrected chi connectivity index (χ2v) is 3.93. The summed E-state index contributed by atoms with van der Waals surface area (Å²) in [6.45, 7) is 1.73. The van der Waals surface area contributed by atoms with Crippen molar-refractivity contribution in [3.63, 3.8) is 0 Å². The van der Waals surface area contributed by atoms with Gasteiger partial charge in [-0.15, -0.1) is 12.4 Å². The second-order valence-electron chi connectivity index (χ2n) is 3.54. The number of pyridine rings is 1. The van der Waals surface area contributed by atoms with E-state index >= 15 is 0 Å². The van der Waals surface area contributed by atoms with Crippen LogP contribution in [0.5, 0.6) is 0 Å². The van der Waals surface area contributed by atoms with Gasteiger partial charge in [-0.2, -0.15) is 0 Å². The van der Waals surface area contributed by atoms with Crippen LogP contribution in [-0.4, -0.2) is 24.1 Å². The van der Waals surface area contributed by atoms with Gasteiger partial charge in [0.25, 0.3) is 0 Å². The lowest BCUT2D eigenvalue weighted by Gasteiger charge is -2.24. The molecule has 0 radical (unpaired) electrons. The van der Waals surface area contributed by atoms with Gasteiger partial charge >= 0.3 is 0 Å². The van der Waals surface area contributed by atoms with Gasteiger partial charge in [0.1, 0.15) is 11.0 Å².